The standard InChI is InChI=1S/C11H23N3O2.2ClH/c1-9(10(2)12)11(15)13-3-4-14-5-7-16-8-6-14;;/h9-10H,3-8,12H2,1-2H3,(H,13,15);2*1H. The molecule has 2 unspecified atom stereocenters. The van der Waals surface area contributed by atoms with Crippen LogP contribution in [0.5, 0.6) is 0 Å². The van der Waals surface area contributed by atoms with Crippen LogP contribution in [0.25, 0.3) is 0 Å². The first-order valence-electron chi connectivity index (χ1n) is 5.94. The smallest absolute Gasteiger partial charge is 0.224 e. The van der Waals surface area contributed by atoms with Crippen LogP contribution in [0, 0.1) is 5.92 Å². The summed E-state index contributed by atoms with van der Waals surface area (Å²) in [5.74, 6) is -0.0760. The second-order valence-electron chi connectivity index (χ2n) is 4.39. The summed E-state index contributed by atoms with van der Waals surface area (Å²) < 4.78 is 5.25. The lowest BCUT2D eigenvalue weighted by Crippen LogP contribution is -2.44. The summed E-state index contributed by atoms with van der Waals surface area (Å²) in [6.07, 6.45) is 0. The number of carbonyl (C=O) groups is 1. The molecule has 1 rings (SSSR count). The maximum absolute atomic E-state index is 11.6. The van der Waals surface area contributed by atoms with Gasteiger partial charge in [0.2, 0.25) is 5.91 Å². The number of nitrogens with two attached hydrogens (primary N) is 1. The maximum Gasteiger partial charge on any atom is 0.224 e. The van der Waals surface area contributed by atoms with Gasteiger partial charge in [-0.3, -0.25) is 9.69 Å². The number of hydrogen-bond donors (Lipinski definition) is 2. The number of nitrogens with zero attached hydrogens (tertiary/aromatic N) is 1. The average molecular weight is 302 g/mol. The second kappa shape index (κ2) is 10.8. The first-order valence-corrected chi connectivity index (χ1v) is 5.94. The Labute approximate surface area is 122 Å². The van der Waals surface area contributed by atoms with E-state index in [0.29, 0.717) is 6.54 Å². The van der Waals surface area contributed by atoms with Gasteiger partial charge in [0.05, 0.1) is 13.2 Å². The van der Waals surface area contributed by atoms with Gasteiger partial charge in [-0.1, -0.05) is 6.92 Å². The van der Waals surface area contributed by atoms with E-state index in [1.807, 2.05) is 13.8 Å². The number of amides is 1. The zero-order valence-electron chi connectivity index (χ0n) is 11.1. The number of nitrogens with one attached hydrogen (secondary N) is 1. The van der Waals surface area contributed by atoms with E-state index in [1.165, 1.54) is 0 Å². The lowest BCUT2D eigenvalue weighted by Gasteiger charge is -2.26. The molecule has 0 spiro atoms. The maximum atomic E-state index is 11.6. The fourth-order valence-corrected chi connectivity index (χ4v) is 1.56. The molecule has 1 heterocycles. The van der Waals surface area contributed by atoms with Crippen LogP contribution in [0.1, 0.15) is 13.8 Å². The number of halogens is 2. The summed E-state index contributed by atoms with van der Waals surface area (Å²) >= 11 is 0. The summed E-state index contributed by atoms with van der Waals surface area (Å²) in [7, 11) is 0. The van der Waals surface area contributed by atoms with Gasteiger partial charge in [0.15, 0.2) is 0 Å². The minimum Gasteiger partial charge on any atom is -0.379 e. The molecule has 18 heavy (non-hydrogen) atoms. The van der Waals surface area contributed by atoms with Gasteiger partial charge in [0, 0.05) is 38.1 Å². The van der Waals surface area contributed by atoms with Gasteiger partial charge in [-0.25, -0.2) is 0 Å². The molecule has 0 radical (unpaired) electrons. The molecule has 1 amide bonds. The summed E-state index contributed by atoms with van der Waals surface area (Å²) in [6.45, 7) is 8.80. The minimum atomic E-state index is -0.121. The zero-order valence-corrected chi connectivity index (χ0v) is 12.7. The van der Waals surface area contributed by atoms with Gasteiger partial charge in [0.25, 0.3) is 0 Å². The second-order valence-corrected chi connectivity index (χ2v) is 4.39. The Bertz CT molecular complexity index is 224. The number of morpholine rings is 1. The Morgan fingerprint density at radius 2 is 1.89 bits per heavy atom. The summed E-state index contributed by atoms with van der Waals surface area (Å²) in [5.41, 5.74) is 5.66. The summed E-state index contributed by atoms with van der Waals surface area (Å²) in [5, 5.41) is 2.91. The SMILES string of the molecule is CC(N)C(C)C(=O)NCCN1CCOCC1.Cl.Cl. The lowest BCUT2D eigenvalue weighted by atomic mass is 10.0. The van der Waals surface area contributed by atoms with Crippen molar-refractivity contribution >= 4 is 30.7 Å². The largest absolute Gasteiger partial charge is 0.379 e. The van der Waals surface area contributed by atoms with Crippen molar-refractivity contribution in [3.8, 4) is 0 Å². The van der Waals surface area contributed by atoms with Gasteiger partial charge in [0.1, 0.15) is 0 Å². The third kappa shape index (κ3) is 7.38. The highest BCUT2D eigenvalue weighted by atomic mass is 35.5. The van der Waals surface area contributed by atoms with E-state index in [2.05, 4.69) is 10.2 Å². The Morgan fingerprint density at radius 1 is 1.33 bits per heavy atom. The highest BCUT2D eigenvalue weighted by Gasteiger charge is 2.17. The van der Waals surface area contributed by atoms with Crippen LogP contribution < -0.4 is 11.1 Å². The quantitative estimate of drug-likeness (QED) is 0.764. The Morgan fingerprint density at radius 3 is 2.39 bits per heavy atom. The van der Waals surface area contributed by atoms with Crippen LogP contribution in [0.2, 0.25) is 0 Å². The van der Waals surface area contributed by atoms with Crippen molar-refractivity contribution in [3.63, 3.8) is 0 Å². The van der Waals surface area contributed by atoms with E-state index < -0.39 is 0 Å². The van der Waals surface area contributed by atoms with Crippen LogP contribution in [-0.2, 0) is 9.53 Å². The predicted octanol–water partition coefficient (Wildman–Crippen LogP) is 0.262. The van der Waals surface area contributed by atoms with Crippen molar-refractivity contribution in [2.24, 2.45) is 11.7 Å². The number of carbonyl (C=O) groups excluding carboxylic acids is 1. The van der Waals surface area contributed by atoms with Gasteiger partial charge >= 0.3 is 0 Å². The molecule has 7 heteroatoms. The number of rotatable bonds is 5. The third-order valence-electron chi connectivity index (χ3n) is 3.03. The fourth-order valence-electron chi connectivity index (χ4n) is 1.56. The topological polar surface area (TPSA) is 67.6 Å². The molecule has 5 nitrogen and oxygen atoms in total. The van der Waals surface area contributed by atoms with Crippen LogP contribution in [0.4, 0.5) is 0 Å². The molecular formula is C11H25Cl2N3O2. The molecule has 0 bridgehead atoms. The van der Waals surface area contributed by atoms with E-state index in [1.54, 1.807) is 0 Å². The zero-order chi connectivity index (χ0) is 12.0. The summed E-state index contributed by atoms with van der Waals surface area (Å²) in [4.78, 5) is 13.9. The molecular weight excluding hydrogens is 277 g/mol. The lowest BCUT2D eigenvalue weighted by molar-refractivity contribution is -0.125. The molecule has 3 N–H and O–H groups in total. The van der Waals surface area contributed by atoms with Crippen molar-refractivity contribution in [2.75, 3.05) is 39.4 Å². The van der Waals surface area contributed by atoms with Crippen molar-refractivity contribution < 1.29 is 9.53 Å². The Balaban J connectivity index is 0. The van der Waals surface area contributed by atoms with Gasteiger partial charge in [-0.2, -0.15) is 0 Å². The fraction of sp³-hybridized carbons (Fsp3) is 0.909. The van der Waals surface area contributed by atoms with Crippen molar-refractivity contribution in [1.29, 1.82) is 0 Å². The minimum absolute atomic E-state index is 0. The van der Waals surface area contributed by atoms with E-state index in [-0.39, 0.29) is 42.7 Å². The predicted molar refractivity (Wildman–Crippen MR) is 77.6 cm³/mol. The number of ether oxygens (including phenoxy) is 1. The van der Waals surface area contributed by atoms with Crippen molar-refractivity contribution in [2.45, 2.75) is 19.9 Å². The molecule has 0 aromatic heterocycles. The van der Waals surface area contributed by atoms with Crippen LogP contribution in [0.3, 0.4) is 0 Å². The molecule has 110 valence electrons. The first kappa shape index (κ1) is 20.3. The highest BCUT2D eigenvalue weighted by Crippen LogP contribution is 1.99. The molecule has 1 aliphatic heterocycles. The van der Waals surface area contributed by atoms with Gasteiger partial charge in [-0.05, 0) is 6.92 Å². The normalized spacial score (nSPS) is 19.1. The highest BCUT2D eigenvalue weighted by molar-refractivity contribution is 5.85. The van der Waals surface area contributed by atoms with E-state index in [9.17, 15) is 4.79 Å². The average Bonchev–Trinajstić information content (AvgIpc) is 2.29. The molecule has 2 atom stereocenters. The molecule has 1 aliphatic rings. The van der Waals surface area contributed by atoms with Gasteiger partial charge < -0.3 is 15.8 Å². The van der Waals surface area contributed by atoms with Crippen LogP contribution >= 0.6 is 24.8 Å². The Kier molecular flexibility index (Phi) is 12.2. The molecule has 1 fully saturated rings. The van der Waals surface area contributed by atoms with Crippen molar-refractivity contribution in [1.82, 2.24) is 10.2 Å². The molecule has 0 aromatic carbocycles. The summed E-state index contributed by atoms with van der Waals surface area (Å²) in [6, 6.07) is -0.0941. The van der Waals surface area contributed by atoms with E-state index in [0.717, 1.165) is 32.8 Å². The van der Waals surface area contributed by atoms with Gasteiger partial charge in [-0.15, -0.1) is 24.8 Å². The monoisotopic (exact) mass is 301 g/mol. The van der Waals surface area contributed by atoms with Crippen LogP contribution in [0.15, 0.2) is 0 Å². The Hall–Kier alpha value is -0.0700. The third-order valence-corrected chi connectivity index (χ3v) is 3.03. The van der Waals surface area contributed by atoms with Crippen molar-refractivity contribution in [3.05, 3.63) is 0 Å². The van der Waals surface area contributed by atoms with Crippen LogP contribution in [-0.4, -0.2) is 56.2 Å². The molecule has 0 aromatic rings. The number of hydrogen-bond acceptors (Lipinski definition) is 4. The van der Waals surface area contributed by atoms with E-state index in [4.69, 9.17) is 10.5 Å². The molecule has 0 saturated carbocycles. The molecule has 0 aliphatic carbocycles. The molecule has 1 saturated heterocycles. The van der Waals surface area contributed by atoms with E-state index >= 15 is 0 Å². The first-order chi connectivity index (χ1) is 7.61.